The molecular formula is C13H19N3O. The van der Waals surface area contributed by atoms with Gasteiger partial charge in [-0.05, 0) is 30.4 Å². The monoisotopic (exact) mass is 233 g/mol. The molecule has 3 rings (SSSR count). The van der Waals surface area contributed by atoms with Crippen LogP contribution in [0.4, 0.5) is 4.79 Å². The van der Waals surface area contributed by atoms with Gasteiger partial charge in [0.15, 0.2) is 0 Å². The molecule has 2 amide bonds. The molecule has 3 aliphatic rings. The number of rotatable bonds is 1. The predicted molar refractivity (Wildman–Crippen MR) is 68.1 cm³/mol. The number of nitrogens with two attached hydrogens (primary N) is 1. The second kappa shape index (κ2) is 5.68. The average molecular weight is 233 g/mol. The Morgan fingerprint density at radius 1 is 1.12 bits per heavy atom. The zero-order chi connectivity index (χ0) is 12.1. The number of hydrogen-bond acceptors (Lipinski definition) is 2. The maximum atomic E-state index is 10.3. The highest BCUT2D eigenvalue weighted by atomic mass is 16.2. The van der Waals surface area contributed by atoms with Crippen LogP contribution in [-0.2, 0) is 0 Å². The van der Waals surface area contributed by atoms with Gasteiger partial charge in [0.1, 0.15) is 0 Å². The number of piperidine rings is 1. The highest BCUT2D eigenvalue weighted by Crippen LogP contribution is 2.27. The lowest BCUT2D eigenvalue weighted by molar-refractivity contribution is 0.160. The standard InChI is InChI=1S/C7H6.C6H13N3O/c1-2-7-4-3-6(1)5-7;7-6(10)8-9-4-2-1-3-5-9/h1-4H,5H2;1-5H2,(H3,7,8,10). The summed E-state index contributed by atoms with van der Waals surface area (Å²) in [6.07, 6.45) is 13.5. The van der Waals surface area contributed by atoms with E-state index in [-0.39, 0.29) is 0 Å². The summed E-state index contributed by atoms with van der Waals surface area (Å²) in [6, 6.07) is -0.457. The molecule has 92 valence electrons. The molecule has 4 nitrogen and oxygen atoms in total. The van der Waals surface area contributed by atoms with E-state index >= 15 is 0 Å². The van der Waals surface area contributed by atoms with Crippen molar-refractivity contribution >= 4 is 6.03 Å². The largest absolute Gasteiger partial charge is 0.351 e. The van der Waals surface area contributed by atoms with Gasteiger partial charge in [-0.3, -0.25) is 5.43 Å². The van der Waals surface area contributed by atoms with Crippen LogP contribution in [0.1, 0.15) is 25.7 Å². The minimum atomic E-state index is -0.457. The fourth-order valence-electron chi connectivity index (χ4n) is 2.17. The predicted octanol–water partition coefficient (Wildman–Crippen LogP) is 1.87. The summed E-state index contributed by atoms with van der Waals surface area (Å²) < 4.78 is 0. The van der Waals surface area contributed by atoms with Crippen molar-refractivity contribution in [3.8, 4) is 0 Å². The Kier molecular flexibility index (Phi) is 3.98. The van der Waals surface area contributed by atoms with Crippen molar-refractivity contribution in [3.05, 3.63) is 35.5 Å². The molecule has 0 aromatic rings. The summed E-state index contributed by atoms with van der Waals surface area (Å²) in [4.78, 5) is 10.3. The normalized spacial score (nSPS) is 21.4. The molecule has 2 aliphatic carbocycles. The van der Waals surface area contributed by atoms with E-state index in [1.54, 1.807) is 0 Å². The Bertz CT molecular complexity index is 356. The second-order valence-electron chi connectivity index (χ2n) is 4.52. The fourth-order valence-corrected chi connectivity index (χ4v) is 2.17. The van der Waals surface area contributed by atoms with Gasteiger partial charge in [0.05, 0.1) is 0 Å². The molecule has 0 aromatic carbocycles. The number of carbonyl (C=O) groups excluding carboxylic acids is 1. The molecular weight excluding hydrogens is 214 g/mol. The average Bonchev–Trinajstić information content (AvgIpc) is 2.94. The zero-order valence-electron chi connectivity index (χ0n) is 9.98. The Hall–Kier alpha value is -1.55. The third-order valence-corrected chi connectivity index (χ3v) is 3.06. The first kappa shape index (κ1) is 11.9. The molecule has 3 N–H and O–H groups in total. The molecule has 0 atom stereocenters. The zero-order valence-corrected chi connectivity index (χ0v) is 9.98. The number of primary amides is 1. The highest BCUT2D eigenvalue weighted by molar-refractivity contribution is 5.70. The van der Waals surface area contributed by atoms with Gasteiger partial charge >= 0.3 is 6.03 Å². The van der Waals surface area contributed by atoms with Crippen LogP contribution in [0.5, 0.6) is 0 Å². The topological polar surface area (TPSA) is 58.4 Å². The lowest BCUT2D eigenvalue weighted by Gasteiger charge is -2.25. The summed E-state index contributed by atoms with van der Waals surface area (Å²) in [5, 5.41) is 1.87. The molecule has 0 radical (unpaired) electrons. The third-order valence-electron chi connectivity index (χ3n) is 3.06. The van der Waals surface area contributed by atoms with Crippen LogP contribution in [0.3, 0.4) is 0 Å². The van der Waals surface area contributed by atoms with Crippen LogP contribution >= 0.6 is 0 Å². The Balaban J connectivity index is 0.000000134. The van der Waals surface area contributed by atoms with Gasteiger partial charge in [-0.2, -0.15) is 0 Å². The van der Waals surface area contributed by atoms with E-state index in [1.807, 2.05) is 5.01 Å². The van der Waals surface area contributed by atoms with Gasteiger partial charge < -0.3 is 5.73 Å². The van der Waals surface area contributed by atoms with Crippen molar-refractivity contribution in [1.29, 1.82) is 0 Å². The van der Waals surface area contributed by atoms with Gasteiger partial charge in [-0.1, -0.05) is 30.7 Å². The van der Waals surface area contributed by atoms with Crippen LogP contribution in [0.25, 0.3) is 0 Å². The summed E-state index contributed by atoms with van der Waals surface area (Å²) in [6.45, 7) is 1.87. The molecule has 1 saturated heterocycles. The third kappa shape index (κ3) is 3.75. The van der Waals surface area contributed by atoms with Crippen molar-refractivity contribution in [2.24, 2.45) is 5.73 Å². The van der Waals surface area contributed by atoms with E-state index in [0.29, 0.717) is 0 Å². The molecule has 0 spiro atoms. The number of nitrogens with zero attached hydrogens (tertiary/aromatic N) is 1. The Labute approximate surface area is 102 Å². The van der Waals surface area contributed by atoms with E-state index in [4.69, 9.17) is 5.73 Å². The van der Waals surface area contributed by atoms with E-state index in [1.165, 1.54) is 24.0 Å². The van der Waals surface area contributed by atoms with Crippen molar-refractivity contribution in [3.63, 3.8) is 0 Å². The van der Waals surface area contributed by atoms with E-state index in [2.05, 4.69) is 29.7 Å². The van der Waals surface area contributed by atoms with Crippen molar-refractivity contribution in [2.75, 3.05) is 13.1 Å². The number of hydrazine groups is 1. The SMILES string of the molecule is C1=CC2=CC=C1C2.NC(=O)NN1CCCCC1. The molecule has 2 bridgehead atoms. The van der Waals surface area contributed by atoms with Crippen LogP contribution < -0.4 is 11.2 Å². The number of urea groups is 1. The first-order valence-electron chi connectivity index (χ1n) is 6.13. The number of fused-ring (bicyclic) bond motifs is 2. The van der Waals surface area contributed by atoms with E-state index in [0.717, 1.165) is 25.9 Å². The Morgan fingerprint density at radius 3 is 2.06 bits per heavy atom. The van der Waals surface area contributed by atoms with Crippen molar-refractivity contribution in [2.45, 2.75) is 25.7 Å². The summed E-state index contributed by atoms with van der Waals surface area (Å²) in [5.74, 6) is 0. The van der Waals surface area contributed by atoms with Gasteiger partial charge in [0, 0.05) is 13.1 Å². The number of hydrogen-bond donors (Lipinski definition) is 2. The van der Waals surface area contributed by atoms with Gasteiger partial charge in [0.25, 0.3) is 0 Å². The maximum absolute atomic E-state index is 10.3. The maximum Gasteiger partial charge on any atom is 0.326 e. The number of allylic oxidation sites excluding steroid dienone is 6. The van der Waals surface area contributed by atoms with Crippen LogP contribution in [0.15, 0.2) is 35.5 Å². The fraction of sp³-hybridized carbons (Fsp3) is 0.462. The molecule has 0 aromatic heterocycles. The molecule has 1 fully saturated rings. The lowest BCUT2D eigenvalue weighted by atomic mass is 10.2. The number of carbonyl (C=O) groups is 1. The lowest BCUT2D eigenvalue weighted by Crippen LogP contribution is -2.47. The van der Waals surface area contributed by atoms with Crippen LogP contribution in [0, 0.1) is 0 Å². The first-order valence-corrected chi connectivity index (χ1v) is 6.13. The first-order chi connectivity index (χ1) is 8.24. The van der Waals surface area contributed by atoms with Crippen molar-refractivity contribution in [1.82, 2.24) is 10.4 Å². The van der Waals surface area contributed by atoms with Crippen LogP contribution in [0.2, 0.25) is 0 Å². The number of nitrogens with one attached hydrogen (secondary N) is 1. The molecule has 4 heteroatoms. The molecule has 0 saturated carbocycles. The van der Waals surface area contributed by atoms with E-state index < -0.39 is 6.03 Å². The molecule has 0 unspecified atom stereocenters. The minimum Gasteiger partial charge on any atom is -0.351 e. The van der Waals surface area contributed by atoms with E-state index in [9.17, 15) is 4.79 Å². The molecule has 1 heterocycles. The van der Waals surface area contributed by atoms with Crippen LogP contribution in [-0.4, -0.2) is 24.1 Å². The van der Waals surface area contributed by atoms with Gasteiger partial charge in [-0.15, -0.1) is 0 Å². The Morgan fingerprint density at radius 2 is 1.71 bits per heavy atom. The van der Waals surface area contributed by atoms with Gasteiger partial charge in [-0.25, -0.2) is 9.80 Å². The molecule has 1 aliphatic heterocycles. The van der Waals surface area contributed by atoms with Gasteiger partial charge in [0.2, 0.25) is 0 Å². The number of amides is 2. The smallest absolute Gasteiger partial charge is 0.326 e. The molecule has 17 heavy (non-hydrogen) atoms. The summed E-state index contributed by atoms with van der Waals surface area (Å²) in [5.41, 5.74) is 10.4. The van der Waals surface area contributed by atoms with Crippen molar-refractivity contribution < 1.29 is 4.79 Å². The second-order valence-corrected chi connectivity index (χ2v) is 4.52. The highest BCUT2D eigenvalue weighted by Gasteiger charge is 2.09. The summed E-state index contributed by atoms with van der Waals surface area (Å²) in [7, 11) is 0. The minimum absolute atomic E-state index is 0.457. The quantitative estimate of drug-likeness (QED) is 0.726. The summed E-state index contributed by atoms with van der Waals surface area (Å²) >= 11 is 0.